The Balaban J connectivity index is 1.52. The predicted octanol–water partition coefficient (Wildman–Crippen LogP) is 2.81. The molecule has 0 saturated carbocycles. The van der Waals surface area contributed by atoms with Crippen LogP contribution in [-0.4, -0.2) is 44.8 Å². The Bertz CT molecular complexity index is 1690. The van der Waals surface area contributed by atoms with Crippen LogP contribution >= 0.6 is 0 Å². The van der Waals surface area contributed by atoms with Gasteiger partial charge in [0.2, 0.25) is 5.95 Å². The number of nitrogens with zero attached hydrogens (tertiary/aromatic N) is 4. The van der Waals surface area contributed by atoms with Gasteiger partial charge >= 0.3 is 11.4 Å². The Morgan fingerprint density at radius 3 is 2.15 bits per heavy atom. The highest BCUT2D eigenvalue weighted by atomic mass is 16.5. The summed E-state index contributed by atoms with van der Waals surface area (Å²) in [5, 5.41) is 15.4. The molecule has 214 valence electrons. The number of hydrogen-bond acceptors (Lipinski definition) is 9. The van der Waals surface area contributed by atoms with Crippen molar-refractivity contribution in [3.63, 3.8) is 0 Å². The molecule has 0 fully saturated rings. The average Bonchev–Trinajstić information content (AvgIpc) is 3.61. The fourth-order valence-electron chi connectivity index (χ4n) is 5.17. The van der Waals surface area contributed by atoms with E-state index in [1.165, 1.54) is 4.57 Å². The molecular weight excluding hydrogens is 524 g/mol. The summed E-state index contributed by atoms with van der Waals surface area (Å²) in [7, 11) is 0. The average molecular weight is 559 g/mol. The van der Waals surface area contributed by atoms with E-state index in [2.05, 4.69) is 15.5 Å². The molecule has 0 bridgehead atoms. The molecule has 41 heavy (non-hydrogen) atoms. The number of nitrogens with two attached hydrogens (primary N) is 1. The second-order valence-corrected chi connectivity index (χ2v) is 10.3. The number of nitrogens with one attached hydrogen (secondary N) is 1. The predicted molar refractivity (Wildman–Crippen MR) is 156 cm³/mol. The molecule has 2 aliphatic rings. The van der Waals surface area contributed by atoms with Crippen molar-refractivity contribution < 1.29 is 14.7 Å². The number of oxime groups is 1. The van der Waals surface area contributed by atoms with Crippen LogP contribution in [0.15, 0.2) is 74.1 Å². The number of aromatic nitrogens is 3. The first-order valence-corrected chi connectivity index (χ1v) is 13.5. The molecule has 0 unspecified atom stereocenters. The Labute approximate surface area is 237 Å². The summed E-state index contributed by atoms with van der Waals surface area (Å²) in [5.74, 6) is 1.82. The molecule has 5 rings (SSSR count). The maximum Gasteiger partial charge on any atom is 0.355 e. The van der Waals surface area contributed by atoms with Crippen LogP contribution in [0.4, 0.5) is 5.95 Å². The lowest BCUT2D eigenvalue weighted by molar-refractivity contribution is 0.319. The zero-order valence-electron chi connectivity index (χ0n) is 23.4. The summed E-state index contributed by atoms with van der Waals surface area (Å²) in [4.78, 5) is 31.4. The third kappa shape index (κ3) is 6.03. The number of fused-ring (bicyclic) bond motifs is 2. The molecule has 0 saturated heterocycles. The maximum absolute atomic E-state index is 13.9. The first-order valence-electron chi connectivity index (χ1n) is 13.5. The summed E-state index contributed by atoms with van der Waals surface area (Å²) < 4.78 is 13.8. The number of anilines is 1. The Hall–Kier alpha value is -4.80. The van der Waals surface area contributed by atoms with Crippen LogP contribution in [0.1, 0.15) is 43.0 Å². The van der Waals surface area contributed by atoms with E-state index in [0.29, 0.717) is 24.6 Å². The molecule has 0 amide bonds. The highest BCUT2D eigenvalue weighted by molar-refractivity contribution is 5.93. The molecular formula is C30H34N6O5. The first kappa shape index (κ1) is 27.8. The van der Waals surface area contributed by atoms with Gasteiger partial charge in [0.1, 0.15) is 11.5 Å². The smallest absolute Gasteiger partial charge is 0.355 e. The van der Waals surface area contributed by atoms with Gasteiger partial charge in [0, 0.05) is 25.1 Å². The zero-order chi connectivity index (χ0) is 29.1. The van der Waals surface area contributed by atoms with Crippen molar-refractivity contribution in [2.45, 2.75) is 46.7 Å². The number of benzene rings is 2. The second-order valence-electron chi connectivity index (χ2n) is 10.3. The SMILES string of the molecule is CC(=C/C(C)=N/O)/C(CNc1nc(=O)n(Cc2ccc3c(c2)CCO3)c(=O)n1Cc1ccc2c(c1)CCO2)=C(\C)N. The molecule has 0 spiro atoms. The van der Waals surface area contributed by atoms with Gasteiger partial charge in [-0.05, 0) is 72.4 Å². The number of rotatable bonds is 9. The molecule has 3 aromatic rings. The van der Waals surface area contributed by atoms with Crippen molar-refractivity contribution in [2.24, 2.45) is 10.9 Å². The second kappa shape index (κ2) is 11.7. The lowest BCUT2D eigenvalue weighted by Gasteiger charge is -2.18. The maximum atomic E-state index is 13.9. The number of allylic oxidation sites excluding steroid dienone is 2. The van der Waals surface area contributed by atoms with Crippen LogP contribution in [0.3, 0.4) is 0 Å². The van der Waals surface area contributed by atoms with E-state index in [-0.39, 0.29) is 25.6 Å². The van der Waals surface area contributed by atoms with Gasteiger partial charge in [-0.25, -0.2) is 14.2 Å². The van der Waals surface area contributed by atoms with Gasteiger partial charge in [-0.15, -0.1) is 0 Å². The van der Waals surface area contributed by atoms with E-state index >= 15 is 0 Å². The van der Waals surface area contributed by atoms with Crippen LogP contribution in [0.25, 0.3) is 0 Å². The molecule has 0 aliphatic carbocycles. The molecule has 3 heterocycles. The van der Waals surface area contributed by atoms with Crippen LogP contribution in [0, 0.1) is 0 Å². The fourth-order valence-corrected chi connectivity index (χ4v) is 5.17. The van der Waals surface area contributed by atoms with Crippen molar-refractivity contribution in [2.75, 3.05) is 25.1 Å². The minimum atomic E-state index is -0.654. The number of ether oxygens (including phenoxy) is 2. The van der Waals surface area contributed by atoms with Crippen LogP contribution in [-0.2, 0) is 25.9 Å². The minimum Gasteiger partial charge on any atom is -0.493 e. The monoisotopic (exact) mass is 558 g/mol. The van der Waals surface area contributed by atoms with Crippen molar-refractivity contribution in [1.82, 2.24) is 14.1 Å². The van der Waals surface area contributed by atoms with Gasteiger partial charge in [-0.2, -0.15) is 4.98 Å². The molecule has 1 aromatic heterocycles. The lowest BCUT2D eigenvalue weighted by atomic mass is 10.0. The Kier molecular flexibility index (Phi) is 7.95. The number of hydrogen-bond donors (Lipinski definition) is 3. The van der Waals surface area contributed by atoms with Crippen LogP contribution in [0.5, 0.6) is 11.5 Å². The van der Waals surface area contributed by atoms with Crippen molar-refractivity contribution >= 4 is 11.7 Å². The third-order valence-electron chi connectivity index (χ3n) is 7.30. The first-order chi connectivity index (χ1) is 19.7. The standard InChI is InChI=1S/C30H34N6O5/c1-18(12-19(2)34-39)25(20(3)31)15-32-28-33-29(37)36(17-22-5-7-27-24(14-22)9-11-41-27)30(38)35(28)16-21-4-6-26-23(13-21)8-10-40-26/h4-7,12-14,39H,8-11,15-17,31H2,1-3H3,(H,32,33,37)/b18-12-,25-20+,34-19+. The topological polar surface area (TPSA) is 146 Å². The van der Waals surface area contributed by atoms with Gasteiger partial charge in [-0.1, -0.05) is 29.4 Å². The molecule has 0 atom stereocenters. The summed E-state index contributed by atoms with van der Waals surface area (Å²) >= 11 is 0. The van der Waals surface area contributed by atoms with Crippen LogP contribution < -0.4 is 31.9 Å². The fraction of sp³-hybridized carbons (Fsp3) is 0.333. The normalized spacial score (nSPS) is 15.1. The quantitative estimate of drug-likeness (QED) is 0.157. The van der Waals surface area contributed by atoms with Gasteiger partial charge < -0.3 is 25.7 Å². The molecule has 11 nitrogen and oxygen atoms in total. The molecule has 4 N–H and O–H groups in total. The van der Waals surface area contributed by atoms with Gasteiger partial charge in [0.05, 0.1) is 32.0 Å². The van der Waals surface area contributed by atoms with Gasteiger partial charge in [0.25, 0.3) is 0 Å². The third-order valence-corrected chi connectivity index (χ3v) is 7.30. The molecule has 2 aromatic carbocycles. The van der Waals surface area contributed by atoms with E-state index in [9.17, 15) is 9.59 Å². The van der Waals surface area contributed by atoms with E-state index in [4.69, 9.17) is 20.4 Å². The van der Waals surface area contributed by atoms with E-state index in [1.807, 2.05) is 43.3 Å². The van der Waals surface area contributed by atoms with Crippen molar-refractivity contribution in [3.8, 4) is 11.5 Å². The molecule has 0 radical (unpaired) electrons. The highest BCUT2D eigenvalue weighted by Crippen LogP contribution is 2.27. The summed E-state index contributed by atoms with van der Waals surface area (Å²) in [6, 6.07) is 11.5. The molecule has 2 aliphatic heterocycles. The molecule has 11 heteroatoms. The summed E-state index contributed by atoms with van der Waals surface area (Å²) in [6.07, 6.45) is 3.29. The lowest BCUT2D eigenvalue weighted by Crippen LogP contribution is -2.43. The van der Waals surface area contributed by atoms with E-state index < -0.39 is 11.4 Å². The van der Waals surface area contributed by atoms with Crippen molar-refractivity contribution in [3.05, 3.63) is 103 Å². The Morgan fingerprint density at radius 2 is 1.59 bits per heavy atom. The Morgan fingerprint density at radius 1 is 1.00 bits per heavy atom. The zero-order valence-corrected chi connectivity index (χ0v) is 23.4. The summed E-state index contributed by atoms with van der Waals surface area (Å²) in [6.45, 7) is 7.00. The minimum absolute atomic E-state index is 0.0882. The largest absolute Gasteiger partial charge is 0.493 e. The highest BCUT2D eigenvalue weighted by Gasteiger charge is 2.19. The summed E-state index contributed by atoms with van der Waals surface area (Å²) in [5.41, 5.74) is 11.3. The van der Waals surface area contributed by atoms with Crippen LogP contribution in [0.2, 0.25) is 0 Å². The van der Waals surface area contributed by atoms with Crippen molar-refractivity contribution in [1.29, 1.82) is 0 Å². The van der Waals surface area contributed by atoms with Gasteiger partial charge in [-0.3, -0.25) is 4.57 Å². The van der Waals surface area contributed by atoms with E-state index in [0.717, 1.165) is 62.3 Å². The van der Waals surface area contributed by atoms with E-state index in [1.54, 1.807) is 19.9 Å². The van der Waals surface area contributed by atoms with Gasteiger partial charge in [0.15, 0.2) is 0 Å².